The van der Waals surface area contributed by atoms with Gasteiger partial charge in [0.2, 0.25) is 0 Å². The molecule has 2 aromatic rings. The van der Waals surface area contributed by atoms with Gasteiger partial charge in [-0.05, 0) is 18.2 Å². The van der Waals surface area contributed by atoms with Gasteiger partial charge in [0, 0.05) is 0 Å². The quantitative estimate of drug-likeness (QED) is 0.662. The van der Waals surface area contributed by atoms with Crippen LogP contribution in [0.15, 0.2) is 41.1 Å². The van der Waals surface area contributed by atoms with E-state index in [1.807, 2.05) is 0 Å². The summed E-state index contributed by atoms with van der Waals surface area (Å²) in [5.74, 6) is -1.84. The first-order valence-corrected chi connectivity index (χ1v) is 4.62. The van der Waals surface area contributed by atoms with Crippen molar-refractivity contribution in [2.75, 3.05) is 0 Å². The van der Waals surface area contributed by atoms with Crippen LogP contribution in [0.25, 0.3) is 0 Å². The van der Waals surface area contributed by atoms with Gasteiger partial charge in [0.05, 0.1) is 17.3 Å². The Labute approximate surface area is 121 Å². The van der Waals surface area contributed by atoms with E-state index >= 15 is 0 Å². The van der Waals surface area contributed by atoms with Crippen LogP contribution in [0.5, 0.6) is 6.08 Å². The summed E-state index contributed by atoms with van der Waals surface area (Å²) in [6.07, 6.45) is 2.41. The van der Waals surface area contributed by atoms with Crippen LogP contribution in [0.1, 0.15) is 23.6 Å². The maximum Gasteiger partial charge on any atom is 2.00 e. The number of benzene rings is 1. The van der Waals surface area contributed by atoms with Gasteiger partial charge in [-0.25, -0.2) is 9.59 Å². The molecule has 0 atom stereocenters. The van der Waals surface area contributed by atoms with Gasteiger partial charge in [-0.2, -0.15) is 4.98 Å². The van der Waals surface area contributed by atoms with Crippen molar-refractivity contribution in [1.82, 2.24) is 4.98 Å². The molecule has 1 aromatic heterocycles. The summed E-state index contributed by atoms with van der Waals surface area (Å²) in [7, 11) is 0. The Kier molecular flexibility index (Phi) is 4.87. The molecule has 0 bridgehead atoms. The zero-order chi connectivity index (χ0) is 12.3. The molecule has 0 radical (unpaired) electrons. The minimum atomic E-state index is -1.12. The number of hydrogen-bond acceptors (Lipinski definition) is 5. The second kappa shape index (κ2) is 6.17. The first-order chi connectivity index (χ1) is 8.16. The number of ether oxygens (including phenoxy) is 1. The van der Waals surface area contributed by atoms with E-state index in [1.165, 1.54) is 36.7 Å². The van der Waals surface area contributed by atoms with Crippen LogP contribution >= 0.6 is 0 Å². The van der Waals surface area contributed by atoms with E-state index in [4.69, 9.17) is 14.3 Å². The summed E-state index contributed by atoms with van der Waals surface area (Å²) in [4.78, 5) is 25.9. The number of carboxylic acid groups (broad SMARTS) is 1. The fraction of sp³-hybridized carbons (Fsp3) is 0. The van der Waals surface area contributed by atoms with Crippen molar-refractivity contribution in [2.24, 2.45) is 0 Å². The Hall–Kier alpha value is -1.86. The molecule has 1 heterocycles. The zero-order valence-corrected chi connectivity index (χ0v) is 10.6. The minimum absolute atomic E-state index is 0. The molecule has 0 amide bonds. The van der Waals surface area contributed by atoms with Crippen LogP contribution in [0.4, 0.5) is 0 Å². The third kappa shape index (κ3) is 3.31. The molecule has 2 rings (SSSR count). The maximum atomic E-state index is 11.6. The summed E-state index contributed by atoms with van der Waals surface area (Å²) in [6, 6.07) is 5.49. The van der Waals surface area contributed by atoms with Crippen molar-refractivity contribution < 1.29 is 26.7 Å². The third-order valence-electron chi connectivity index (χ3n) is 1.93. The van der Waals surface area contributed by atoms with E-state index in [0.29, 0.717) is 0 Å². The summed E-state index contributed by atoms with van der Waals surface area (Å²) in [5.41, 5.74) is 0.120. The molecule has 0 spiro atoms. The number of esters is 1. The molecule has 6 nitrogen and oxygen atoms in total. The fourth-order valence-corrected chi connectivity index (χ4v) is 1.18. The van der Waals surface area contributed by atoms with Crippen molar-refractivity contribution in [1.29, 1.82) is 0 Å². The molecule has 0 aliphatic carbocycles. The van der Waals surface area contributed by atoms with Crippen molar-refractivity contribution in [3.8, 4) is 6.08 Å². The van der Waals surface area contributed by atoms with Crippen LogP contribution in [0.3, 0.4) is 0 Å². The van der Waals surface area contributed by atoms with E-state index in [1.54, 1.807) is 0 Å². The van der Waals surface area contributed by atoms with Gasteiger partial charge in [0.25, 0.3) is 0 Å². The number of carbonyl (C=O) groups excluding carboxylic acids is 1. The van der Waals surface area contributed by atoms with E-state index in [0.717, 1.165) is 0 Å². The van der Waals surface area contributed by atoms with Gasteiger partial charge in [0.1, 0.15) is 6.26 Å². The van der Waals surface area contributed by atoms with Gasteiger partial charge in [-0.15, -0.1) is 0 Å². The average molecular weight is 260 g/mol. The van der Waals surface area contributed by atoms with E-state index in [-0.39, 0.29) is 43.1 Å². The molecule has 7 heteroatoms. The molecule has 0 fully saturated rings. The van der Waals surface area contributed by atoms with Gasteiger partial charge in [-0.3, -0.25) is 0 Å². The predicted molar refractivity (Wildman–Crippen MR) is 62.8 cm³/mol. The van der Waals surface area contributed by atoms with Crippen molar-refractivity contribution in [3.05, 3.63) is 47.9 Å². The van der Waals surface area contributed by atoms with Crippen molar-refractivity contribution in [2.45, 2.75) is 0 Å². The Balaban J connectivity index is 0. The summed E-state index contributed by atoms with van der Waals surface area (Å²) >= 11 is 0. The largest absolute Gasteiger partial charge is 2.00 e. The molecule has 0 aliphatic rings. The Bertz CT molecular complexity index is 562. The Morgan fingerprint density at radius 2 is 2.06 bits per heavy atom. The second-order valence-electron chi connectivity index (χ2n) is 3.07. The monoisotopic (exact) mass is 259 g/mol. The number of hydrogen-bond donors (Lipinski definition) is 1. The number of oxazole rings is 1. The molecular weight excluding hydrogens is 250 g/mol. The molecule has 0 saturated carbocycles. The second-order valence-corrected chi connectivity index (χ2v) is 3.07. The van der Waals surface area contributed by atoms with Gasteiger partial charge < -0.3 is 17.1 Å². The summed E-state index contributed by atoms with van der Waals surface area (Å²) in [6.45, 7) is 0. The van der Waals surface area contributed by atoms with Crippen LogP contribution < -0.4 is 4.74 Å². The fourth-order valence-electron chi connectivity index (χ4n) is 1.18. The van der Waals surface area contributed by atoms with E-state index in [9.17, 15) is 9.59 Å². The van der Waals surface area contributed by atoms with Crippen LogP contribution in [0, 0.1) is 0 Å². The first kappa shape index (κ1) is 14.2. The standard InChI is InChI=1S/C11H7NO5.Mg.2H/c13-9(14)7-2-1-3-8(6-7)10(15)17-11-12-4-5-16-11;;;/h1-6H,(H,13,14);;;/q;+2;2*-1. The number of rotatable bonds is 3. The third-order valence-corrected chi connectivity index (χ3v) is 1.93. The van der Waals surface area contributed by atoms with E-state index < -0.39 is 11.9 Å². The summed E-state index contributed by atoms with van der Waals surface area (Å²) in [5, 5.41) is 8.76. The number of aromatic nitrogens is 1. The van der Waals surface area contributed by atoms with E-state index in [2.05, 4.69) is 4.98 Å². The topological polar surface area (TPSA) is 89.6 Å². The number of carbonyl (C=O) groups is 2. The number of carboxylic acids is 1. The minimum Gasteiger partial charge on any atom is -1.00 e. The average Bonchev–Trinajstić information content (AvgIpc) is 2.82. The Morgan fingerprint density at radius 3 is 2.67 bits per heavy atom. The SMILES string of the molecule is O=C(O)c1cccc(C(=O)Oc2ncco2)c1.[H-].[H-].[Mg+2]. The van der Waals surface area contributed by atoms with Crippen molar-refractivity contribution in [3.63, 3.8) is 0 Å². The van der Waals surface area contributed by atoms with Gasteiger partial charge >= 0.3 is 41.1 Å². The molecule has 18 heavy (non-hydrogen) atoms. The number of aromatic carboxylic acids is 1. The molecule has 1 N–H and O–H groups in total. The zero-order valence-electron chi connectivity index (χ0n) is 11.2. The normalized spacial score (nSPS) is 9.33. The van der Waals surface area contributed by atoms with Crippen LogP contribution in [-0.4, -0.2) is 45.1 Å². The molecule has 90 valence electrons. The summed E-state index contributed by atoms with van der Waals surface area (Å²) < 4.78 is 9.50. The van der Waals surface area contributed by atoms with Gasteiger partial charge in [-0.1, -0.05) is 6.07 Å². The molecule has 0 unspecified atom stereocenters. The van der Waals surface area contributed by atoms with Gasteiger partial charge in [0.15, 0.2) is 0 Å². The predicted octanol–water partition coefficient (Wildman–Crippen LogP) is 1.44. The molecule has 0 saturated heterocycles. The molecule has 0 aliphatic heterocycles. The van der Waals surface area contributed by atoms with Crippen LogP contribution in [0.2, 0.25) is 0 Å². The van der Waals surface area contributed by atoms with Crippen molar-refractivity contribution >= 4 is 35.0 Å². The first-order valence-electron chi connectivity index (χ1n) is 4.62. The Morgan fingerprint density at radius 1 is 1.33 bits per heavy atom. The smallest absolute Gasteiger partial charge is 1.00 e. The molecule has 1 aromatic carbocycles. The number of nitrogens with zero attached hydrogens (tertiary/aromatic N) is 1. The maximum absolute atomic E-state index is 11.6. The molecular formula is C11H9MgNO5. The van der Waals surface area contributed by atoms with Crippen LogP contribution in [-0.2, 0) is 0 Å².